The van der Waals surface area contributed by atoms with Gasteiger partial charge >= 0.3 is 6.09 Å². The minimum Gasteiger partial charge on any atom is -0.444 e. The maximum atomic E-state index is 12.5. The summed E-state index contributed by atoms with van der Waals surface area (Å²) in [6.45, 7) is 15.2. The average Bonchev–Trinajstić information content (AvgIpc) is 2.42. The van der Waals surface area contributed by atoms with Gasteiger partial charge in [0.15, 0.2) is 0 Å². The van der Waals surface area contributed by atoms with Gasteiger partial charge in [0.25, 0.3) is 0 Å². The quantitative estimate of drug-likeness (QED) is 0.772. The lowest BCUT2D eigenvalue weighted by Crippen LogP contribution is -2.62. The van der Waals surface area contributed by atoms with Crippen molar-refractivity contribution in [3.05, 3.63) is 0 Å². The maximum Gasteiger partial charge on any atom is 0.410 e. The van der Waals surface area contributed by atoms with Gasteiger partial charge in [-0.2, -0.15) is 0 Å². The number of carbonyl (C=O) groups excluding carboxylic acids is 1. The highest BCUT2D eigenvalue weighted by Gasteiger charge is 2.36. The third-order valence-corrected chi connectivity index (χ3v) is 4.69. The summed E-state index contributed by atoms with van der Waals surface area (Å²) in [4.78, 5) is 19.2. The zero-order chi connectivity index (χ0) is 17.2. The molecular weight excluding hydrogens is 294 g/mol. The Bertz CT molecular complexity index is 410. The molecule has 2 aliphatic heterocycles. The number of ether oxygens (including phenoxy) is 2. The molecule has 0 radical (unpaired) electrons. The van der Waals surface area contributed by atoms with Crippen LogP contribution >= 0.6 is 0 Å². The van der Waals surface area contributed by atoms with Crippen molar-refractivity contribution in [1.29, 1.82) is 0 Å². The monoisotopic (exact) mass is 327 g/mol. The van der Waals surface area contributed by atoms with Crippen molar-refractivity contribution in [2.45, 2.75) is 58.3 Å². The molecule has 2 heterocycles. The molecule has 0 aromatic rings. The summed E-state index contributed by atoms with van der Waals surface area (Å²) in [7, 11) is 2.15. The fraction of sp³-hybridized carbons (Fsp3) is 0.941. The Morgan fingerprint density at radius 2 is 1.91 bits per heavy atom. The summed E-state index contributed by atoms with van der Waals surface area (Å²) in [6, 6.07) is 0.943. The number of amides is 1. The van der Waals surface area contributed by atoms with E-state index in [1.165, 1.54) is 0 Å². The summed E-state index contributed by atoms with van der Waals surface area (Å²) >= 11 is 0. The van der Waals surface area contributed by atoms with E-state index in [4.69, 9.17) is 9.47 Å². The van der Waals surface area contributed by atoms with Gasteiger partial charge in [0, 0.05) is 44.3 Å². The number of carbonyl (C=O) groups is 1. The van der Waals surface area contributed by atoms with Crippen LogP contribution in [0.1, 0.15) is 34.6 Å². The standard InChI is InChI=1S/C17H33N3O3/c1-13-9-18(6)15(10-19-7-8-22-12-14(19)2)11-20(13)16(21)23-17(3,4)5/h13-15H,7-12H2,1-6H3/t13-,14-,15+/m1/s1. The Morgan fingerprint density at radius 3 is 2.52 bits per heavy atom. The van der Waals surface area contributed by atoms with E-state index in [1.807, 2.05) is 25.7 Å². The Morgan fingerprint density at radius 1 is 1.22 bits per heavy atom. The van der Waals surface area contributed by atoms with Crippen LogP contribution in [-0.2, 0) is 9.47 Å². The van der Waals surface area contributed by atoms with Crippen molar-refractivity contribution >= 4 is 6.09 Å². The largest absolute Gasteiger partial charge is 0.444 e. The molecule has 0 aliphatic carbocycles. The number of piperazine rings is 1. The van der Waals surface area contributed by atoms with Crippen LogP contribution < -0.4 is 0 Å². The van der Waals surface area contributed by atoms with Crippen LogP contribution in [0.3, 0.4) is 0 Å². The van der Waals surface area contributed by atoms with Gasteiger partial charge in [0.2, 0.25) is 0 Å². The van der Waals surface area contributed by atoms with Gasteiger partial charge < -0.3 is 14.4 Å². The van der Waals surface area contributed by atoms with Crippen LogP contribution in [0, 0.1) is 0 Å². The van der Waals surface area contributed by atoms with Crippen LogP contribution in [0.5, 0.6) is 0 Å². The van der Waals surface area contributed by atoms with Crippen molar-refractivity contribution in [3.63, 3.8) is 0 Å². The molecule has 3 atom stereocenters. The van der Waals surface area contributed by atoms with Crippen LogP contribution in [0.25, 0.3) is 0 Å². The van der Waals surface area contributed by atoms with Gasteiger partial charge in [-0.15, -0.1) is 0 Å². The summed E-state index contributed by atoms with van der Waals surface area (Å²) in [6.07, 6.45) is -0.196. The van der Waals surface area contributed by atoms with E-state index >= 15 is 0 Å². The van der Waals surface area contributed by atoms with E-state index in [2.05, 4.69) is 30.7 Å². The third kappa shape index (κ3) is 5.06. The second kappa shape index (κ2) is 7.36. The summed E-state index contributed by atoms with van der Waals surface area (Å²) in [5.41, 5.74) is -0.450. The first kappa shape index (κ1) is 18.5. The Balaban J connectivity index is 1.98. The number of rotatable bonds is 2. The molecule has 6 nitrogen and oxygen atoms in total. The summed E-state index contributed by atoms with van der Waals surface area (Å²) in [5, 5.41) is 0. The second-order valence-electron chi connectivity index (χ2n) is 7.99. The fourth-order valence-corrected chi connectivity index (χ4v) is 3.29. The van der Waals surface area contributed by atoms with Crippen molar-refractivity contribution in [2.75, 3.05) is 46.4 Å². The van der Waals surface area contributed by atoms with Gasteiger partial charge in [0.05, 0.1) is 13.2 Å². The molecule has 0 saturated carbocycles. The molecular formula is C17H33N3O3. The minimum atomic E-state index is -0.450. The first-order valence-electron chi connectivity index (χ1n) is 8.69. The predicted molar refractivity (Wildman–Crippen MR) is 90.7 cm³/mol. The van der Waals surface area contributed by atoms with Crippen LogP contribution in [-0.4, -0.2) is 91.0 Å². The molecule has 0 N–H and O–H groups in total. The first-order valence-corrected chi connectivity index (χ1v) is 8.69. The molecule has 2 rings (SSSR count). The average molecular weight is 327 g/mol. The lowest BCUT2D eigenvalue weighted by atomic mass is 10.1. The molecule has 23 heavy (non-hydrogen) atoms. The Kier molecular flexibility index (Phi) is 5.92. The summed E-state index contributed by atoms with van der Waals surface area (Å²) in [5.74, 6) is 0. The molecule has 0 bridgehead atoms. The van der Waals surface area contributed by atoms with Crippen molar-refractivity contribution in [2.24, 2.45) is 0 Å². The number of hydrogen-bond acceptors (Lipinski definition) is 5. The molecule has 2 saturated heterocycles. The molecule has 134 valence electrons. The Labute approximate surface area is 140 Å². The molecule has 1 amide bonds. The molecule has 2 aliphatic rings. The van der Waals surface area contributed by atoms with Crippen molar-refractivity contribution in [1.82, 2.24) is 14.7 Å². The highest BCUT2D eigenvalue weighted by molar-refractivity contribution is 5.68. The van der Waals surface area contributed by atoms with Crippen molar-refractivity contribution in [3.8, 4) is 0 Å². The smallest absolute Gasteiger partial charge is 0.410 e. The number of hydrogen-bond donors (Lipinski definition) is 0. The number of nitrogens with zero attached hydrogens (tertiary/aromatic N) is 3. The van der Waals surface area contributed by atoms with Crippen LogP contribution in [0.15, 0.2) is 0 Å². The number of morpholine rings is 1. The van der Waals surface area contributed by atoms with E-state index in [1.54, 1.807) is 0 Å². The van der Waals surface area contributed by atoms with Gasteiger partial charge in [-0.1, -0.05) is 0 Å². The zero-order valence-corrected chi connectivity index (χ0v) is 15.5. The first-order chi connectivity index (χ1) is 10.7. The van der Waals surface area contributed by atoms with Gasteiger partial charge in [-0.3, -0.25) is 9.80 Å². The highest BCUT2D eigenvalue weighted by Crippen LogP contribution is 2.20. The normalized spacial score (nSPS) is 31.2. The van der Waals surface area contributed by atoms with E-state index in [-0.39, 0.29) is 12.1 Å². The minimum absolute atomic E-state index is 0.174. The molecule has 2 fully saturated rings. The van der Waals surface area contributed by atoms with Crippen LogP contribution in [0.4, 0.5) is 4.79 Å². The fourth-order valence-electron chi connectivity index (χ4n) is 3.29. The van der Waals surface area contributed by atoms with E-state index < -0.39 is 5.60 Å². The van der Waals surface area contributed by atoms with Gasteiger partial charge in [-0.25, -0.2) is 4.79 Å². The lowest BCUT2D eigenvalue weighted by Gasteiger charge is -2.46. The second-order valence-corrected chi connectivity index (χ2v) is 7.99. The van der Waals surface area contributed by atoms with E-state index in [0.29, 0.717) is 12.1 Å². The SMILES string of the molecule is C[C@@H]1COCCN1C[C@H]1CN(C(=O)OC(C)(C)C)[C@H](C)CN1C. The van der Waals surface area contributed by atoms with Gasteiger partial charge in [-0.05, 0) is 41.7 Å². The van der Waals surface area contributed by atoms with Crippen LogP contribution in [0.2, 0.25) is 0 Å². The summed E-state index contributed by atoms with van der Waals surface area (Å²) < 4.78 is 11.1. The van der Waals surface area contributed by atoms with Crippen molar-refractivity contribution < 1.29 is 14.3 Å². The highest BCUT2D eigenvalue weighted by atomic mass is 16.6. The topological polar surface area (TPSA) is 45.3 Å². The zero-order valence-electron chi connectivity index (χ0n) is 15.5. The molecule has 0 spiro atoms. The lowest BCUT2D eigenvalue weighted by molar-refractivity contribution is -0.0353. The number of likely N-dealkylation sites (N-methyl/N-ethyl adjacent to an activating group) is 1. The molecule has 0 aromatic heterocycles. The van der Waals surface area contributed by atoms with Gasteiger partial charge in [0.1, 0.15) is 5.60 Å². The third-order valence-electron chi connectivity index (χ3n) is 4.69. The molecule has 0 aromatic carbocycles. The van der Waals surface area contributed by atoms with E-state index in [9.17, 15) is 4.79 Å². The maximum absolute atomic E-state index is 12.5. The molecule has 0 unspecified atom stereocenters. The predicted octanol–water partition coefficient (Wildman–Crippen LogP) is 1.65. The molecule has 6 heteroatoms. The Hall–Kier alpha value is -0.850. The van der Waals surface area contributed by atoms with E-state index in [0.717, 1.165) is 39.4 Å².